The average Bonchev–Trinajstić information content (AvgIpc) is 3.73. The summed E-state index contributed by atoms with van der Waals surface area (Å²) in [4.78, 5) is 73.5. The molecule has 1 fully saturated rings. The summed E-state index contributed by atoms with van der Waals surface area (Å²) < 4.78 is 6.18. The van der Waals surface area contributed by atoms with Gasteiger partial charge in [-0.15, -0.1) is 0 Å². The minimum absolute atomic E-state index is 0.00175. The molecule has 308 valence electrons. The first kappa shape index (κ1) is 40.8. The van der Waals surface area contributed by atoms with E-state index < -0.39 is 4.92 Å². The van der Waals surface area contributed by atoms with Crippen LogP contribution >= 0.6 is 0 Å². The van der Waals surface area contributed by atoms with Gasteiger partial charge in [0.1, 0.15) is 0 Å². The van der Waals surface area contributed by atoms with E-state index in [0.717, 1.165) is 16.7 Å². The number of nitrogens with zero attached hydrogens (tertiary/aromatic N) is 8. The van der Waals surface area contributed by atoms with E-state index in [1.54, 1.807) is 59.3 Å². The Kier molecular flexibility index (Phi) is 11.2. The van der Waals surface area contributed by atoms with Crippen molar-refractivity contribution in [2.24, 2.45) is 7.05 Å². The second-order valence-electron chi connectivity index (χ2n) is 15.7. The summed E-state index contributed by atoms with van der Waals surface area (Å²) in [6, 6.07) is 22.6. The first-order valence-electron chi connectivity index (χ1n) is 19.2. The second-order valence-corrected chi connectivity index (χ2v) is 15.7. The van der Waals surface area contributed by atoms with Crippen LogP contribution in [0.2, 0.25) is 0 Å². The van der Waals surface area contributed by atoms with Crippen LogP contribution in [0.4, 0.5) is 28.6 Å². The number of nitrogens with one attached hydrogen (secondary N) is 2. The number of carbonyl (C=O) groups is 3. The Morgan fingerprint density at radius 1 is 0.883 bits per heavy atom. The van der Waals surface area contributed by atoms with Gasteiger partial charge < -0.3 is 29.9 Å². The van der Waals surface area contributed by atoms with Gasteiger partial charge in [-0.05, 0) is 82.3 Å². The molecule has 0 saturated carbocycles. The van der Waals surface area contributed by atoms with Crippen LogP contribution in [0.1, 0.15) is 52.6 Å². The highest BCUT2D eigenvalue weighted by Gasteiger charge is 2.27. The van der Waals surface area contributed by atoms with Gasteiger partial charge in [0.25, 0.3) is 17.4 Å². The van der Waals surface area contributed by atoms with E-state index in [9.17, 15) is 29.3 Å². The quantitative estimate of drug-likeness (QED) is 0.122. The summed E-state index contributed by atoms with van der Waals surface area (Å²) in [5, 5.41) is 24.9. The van der Waals surface area contributed by atoms with Gasteiger partial charge in [0.2, 0.25) is 11.4 Å². The molecule has 3 amide bonds. The lowest BCUT2D eigenvalue weighted by Crippen LogP contribution is -2.52. The van der Waals surface area contributed by atoms with Crippen LogP contribution in [0.25, 0.3) is 22.3 Å². The molecule has 1 aliphatic rings. The van der Waals surface area contributed by atoms with Crippen LogP contribution in [0.3, 0.4) is 0 Å². The Hall–Kier alpha value is -7.43. The number of aryl methyl sites for hydroxylation is 1. The van der Waals surface area contributed by atoms with Crippen molar-refractivity contribution in [1.29, 1.82) is 0 Å². The Morgan fingerprint density at radius 2 is 1.53 bits per heavy atom. The van der Waals surface area contributed by atoms with Crippen molar-refractivity contribution >= 4 is 57.3 Å². The maximum atomic E-state index is 13.5. The number of non-ortho nitro benzene ring substituents is 1. The molecule has 0 aliphatic carbocycles. The average molecular weight is 813 g/mol. The molecule has 0 bridgehead atoms. The highest BCUT2D eigenvalue weighted by Crippen LogP contribution is 2.31. The summed E-state index contributed by atoms with van der Waals surface area (Å²) in [7, 11) is 3.31. The van der Waals surface area contributed by atoms with Gasteiger partial charge in [-0.1, -0.05) is 45.0 Å². The number of hydrogen-bond donors (Lipinski definition) is 2. The maximum Gasteiger partial charge on any atom is 0.300 e. The molecule has 7 rings (SSSR count). The van der Waals surface area contributed by atoms with Crippen LogP contribution in [0.5, 0.6) is 0 Å². The summed E-state index contributed by atoms with van der Waals surface area (Å²) in [6.07, 6.45) is 1.65. The Morgan fingerprint density at radius 3 is 2.20 bits per heavy atom. The van der Waals surface area contributed by atoms with Crippen molar-refractivity contribution in [3.8, 4) is 11.3 Å². The largest absolute Gasteiger partial charge is 0.363 e. The van der Waals surface area contributed by atoms with Crippen molar-refractivity contribution in [2.75, 3.05) is 55.3 Å². The van der Waals surface area contributed by atoms with Crippen LogP contribution < -0.4 is 21.1 Å². The number of nitro groups is 1. The molecule has 1 saturated heterocycles. The number of aromatic nitrogens is 4. The van der Waals surface area contributed by atoms with E-state index in [-0.39, 0.29) is 57.8 Å². The van der Waals surface area contributed by atoms with Crippen molar-refractivity contribution in [3.63, 3.8) is 0 Å². The fraction of sp³-hybridized carbons (Fsp3) is 0.279. The highest BCUT2D eigenvalue weighted by atomic mass is 16.6. The molecule has 6 aromatic rings. The molecule has 60 heavy (non-hydrogen) atoms. The van der Waals surface area contributed by atoms with E-state index in [1.165, 1.54) is 16.7 Å². The number of anilines is 4. The third kappa shape index (κ3) is 8.41. The second kappa shape index (κ2) is 16.4. The summed E-state index contributed by atoms with van der Waals surface area (Å²) >= 11 is 0. The molecule has 2 aromatic heterocycles. The van der Waals surface area contributed by atoms with E-state index in [0.29, 0.717) is 60.1 Å². The lowest BCUT2D eigenvalue weighted by molar-refractivity contribution is -0.383. The standard InChI is InChI=1S/C43H44N10O7/c1-26-31(8-7-9-32(26)46-40(55)27-10-14-29(15-11-27)43(2,3)4)33-24-50(6)42(57)39(45-33)44-30-16-12-28(13-17-30)41(56)52-22-20-51(21-23-52)36(54)25-49(5)34-18-19-35(53(58)59)38-37(34)47-60-48-38/h7-19,24H,20-23,25H2,1-6H3,(H,44,45)(H,46,55). The lowest BCUT2D eigenvalue weighted by atomic mass is 9.86. The number of fused-ring (bicyclic) bond motifs is 1. The Labute approximate surface area is 344 Å². The van der Waals surface area contributed by atoms with Crippen molar-refractivity contribution in [1.82, 2.24) is 29.7 Å². The normalized spacial score (nSPS) is 13.0. The van der Waals surface area contributed by atoms with Gasteiger partial charge in [-0.2, -0.15) is 0 Å². The maximum absolute atomic E-state index is 13.5. The molecule has 0 spiro atoms. The summed E-state index contributed by atoms with van der Waals surface area (Å²) in [5.41, 5.74) is 5.34. The fourth-order valence-electron chi connectivity index (χ4n) is 7.04. The number of likely N-dealkylation sites (N-methyl/N-ethyl adjacent to an activating group) is 1. The van der Waals surface area contributed by atoms with E-state index in [2.05, 4.69) is 46.7 Å². The molecule has 0 unspecified atom stereocenters. The number of piperazine rings is 1. The monoisotopic (exact) mass is 812 g/mol. The van der Waals surface area contributed by atoms with Gasteiger partial charge in [-0.25, -0.2) is 9.61 Å². The number of hydrogen-bond acceptors (Lipinski definition) is 12. The van der Waals surface area contributed by atoms with Gasteiger partial charge >= 0.3 is 5.69 Å². The van der Waals surface area contributed by atoms with Crippen molar-refractivity contribution in [2.45, 2.75) is 33.1 Å². The van der Waals surface area contributed by atoms with Crippen molar-refractivity contribution in [3.05, 3.63) is 128 Å². The summed E-state index contributed by atoms with van der Waals surface area (Å²) in [6.45, 7) is 9.52. The van der Waals surface area contributed by atoms with Crippen LogP contribution in [0, 0.1) is 17.0 Å². The zero-order chi connectivity index (χ0) is 42.9. The van der Waals surface area contributed by atoms with Crippen molar-refractivity contribution < 1.29 is 23.9 Å². The predicted octanol–water partition coefficient (Wildman–Crippen LogP) is 5.91. The van der Waals surface area contributed by atoms with Crippen LogP contribution in [0.15, 0.2) is 94.5 Å². The SMILES string of the molecule is Cc1c(NC(=O)c2ccc(C(C)(C)C)cc2)cccc1-c1cn(C)c(=O)c(Nc2ccc(C(=O)N3CCN(C(=O)CN(C)c4ccc([N+](=O)[O-])c5nonc45)CC3)cc2)n1. The fourth-order valence-corrected chi connectivity index (χ4v) is 7.04. The topological polar surface area (TPSA) is 202 Å². The van der Waals surface area contributed by atoms with Gasteiger partial charge in [0.05, 0.1) is 22.8 Å². The van der Waals surface area contributed by atoms with Gasteiger partial charge in [-0.3, -0.25) is 29.3 Å². The first-order chi connectivity index (χ1) is 28.6. The molecule has 17 heteroatoms. The third-order valence-electron chi connectivity index (χ3n) is 10.6. The molecule has 4 aromatic carbocycles. The number of amides is 3. The van der Waals surface area contributed by atoms with Gasteiger partial charge in [0, 0.05) is 80.6 Å². The van der Waals surface area contributed by atoms with Gasteiger partial charge in [0.15, 0.2) is 11.3 Å². The van der Waals surface area contributed by atoms with E-state index >= 15 is 0 Å². The molecule has 17 nitrogen and oxygen atoms in total. The number of rotatable bonds is 10. The van der Waals surface area contributed by atoms with Crippen LogP contribution in [-0.2, 0) is 17.3 Å². The van der Waals surface area contributed by atoms with Crippen LogP contribution in [-0.4, -0.2) is 92.1 Å². The first-order valence-corrected chi connectivity index (χ1v) is 19.2. The molecule has 0 radical (unpaired) electrons. The zero-order valence-electron chi connectivity index (χ0n) is 34.1. The number of benzene rings is 4. The summed E-state index contributed by atoms with van der Waals surface area (Å²) in [5.74, 6) is -0.526. The lowest BCUT2D eigenvalue weighted by Gasteiger charge is -2.35. The molecule has 0 atom stereocenters. The number of carbonyl (C=O) groups excluding carboxylic acids is 3. The highest BCUT2D eigenvalue weighted by molar-refractivity contribution is 6.05. The minimum atomic E-state index is -0.573. The molecular formula is C43H44N10O7. The predicted molar refractivity (Wildman–Crippen MR) is 227 cm³/mol. The Balaban J connectivity index is 0.969. The Bertz CT molecular complexity index is 2680. The van der Waals surface area contributed by atoms with E-state index in [4.69, 9.17) is 4.63 Å². The molecule has 2 N–H and O–H groups in total. The molecule has 1 aliphatic heterocycles. The molecule has 3 heterocycles. The third-order valence-corrected chi connectivity index (χ3v) is 10.6. The molecular weight excluding hydrogens is 769 g/mol. The smallest absolute Gasteiger partial charge is 0.300 e. The minimum Gasteiger partial charge on any atom is -0.363 e. The van der Waals surface area contributed by atoms with E-state index in [1.807, 2.05) is 49.4 Å². The number of nitro benzene ring substituents is 1. The zero-order valence-corrected chi connectivity index (χ0v) is 34.1.